The van der Waals surface area contributed by atoms with Gasteiger partial charge in [0.2, 0.25) is 0 Å². The molecular formula is C13H24O2. The lowest BCUT2D eigenvalue weighted by Crippen LogP contribution is -2.17. The average Bonchev–Trinajstić information content (AvgIpc) is 2.76. The van der Waals surface area contributed by atoms with Gasteiger partial charge in [-0.15, -0.1) is 0 Å². The highest BCUT2D eigenvalue weighted by Crippen LogP contribution is 2.25. The van der Waals surface area contributed by atoms with E-state index in [1.54, 1.807) is 0 Å². The van der Waals surface area contributed by atoms with E-state index in [-0.39, 0.29) is 0 Å². The Morgan fingerprint density at radius 2 is 1.93 bits per heavy atom. The van der Waals surface area contributed by atoms with Crippen molar-refractivity contribution in [2.45, 2.75) is 58.3 Å². The van der Waals surface area contributed by atoms with E-state index in [0.717, 1.165) is 25.9 Å². The quantitative estimate of drug-likeness (QED) is 0.577. The van der Waals surface area contributed by atoms with Crippen molar-refractivity contribution in [3.05, 3.63) is 0 Å². The van der Waals surface area contributed by atoms with Gasteiger partial charge < -0.3 is 4.74 Å². The minimum Gasteiger partial charge on any atom is -0.374 e. The molecule has 0 N–H and O–H groups in total. The van der Waals surface area contributed by atoms with Gasteiger partial charge in [-0.3, -0.25) is 4.79 Å². The first-order chi connectivity index (χ1) is 7.34. The van der Waals surface area contributed by atoms with E-state index < -0.39 is 0 Å². The fourth-order valence-corrected chi connectivity index (χ4v) is 2.17. The molecule has 0 radical (unpaired) electrons. The molecule has 0 unspecified atom stereocenters. The molecule has 15 heavy (non-hydrogen) atoms. The number of Topliss-reactive ketones (excluding diaryl/α,β-unsaturated/α-hetero) is 1. The molecule has 0 aliphatic heterocycles. The van der Waals surface area contributed by atoms with E-state index in [1.165, 1.54) is 32.1 Å². The lowest BCUT2D eigenvalue weighted by atomic mass is 10.0. The Bertz CT molecular complexity index is 171. The molecule has 1 aliphatic rings. The van der Waals surface area contributed by atoms with Crippen LogP contribution in [0.25, 0.3) is 0 Å². The van der Waals surface area contributed by atoms with Crippen molar-refractivity contribution in [3.8, 4) is 0 Å². The molecule has 1 aliphatic carbocycles. The maximum absolute atomic E-state index is 11.6. The van der Waals surface area contributed by atoms with Crippen molar-refractivity contribution in [1.29, 1.82) is 0 Å². The van der Waals surface area contributed by atoms with Gasteiger partial charge in [0, 0.05) is 12.5 Å². The number of rotatable bonds is 8. The lowest BCUT2D eigenvalue weighted by molar-refractivity contribution is -0.127. The van der Waals surface area contributed by atoms with Gasteiger partial charge in [-0.1, -0.05) is 39.0 Å². The van der Waals surface area contributed by atoms with Gasteiger partial charge in [0.1, 0.15) is 6.61 Å². The summed E-state index contributed by atoms with van der Waals surface area (Å²) >= 11 is 0. The summed E-state index contributed by atoms with van der Waals surface area (Å²) in [5.74, 6) is 0.656. The van der Waals surface area contributed by atoms with Crippen molar-refractivity contribution in [3.63, 3.8) is 0 Å². The van der Waals surface area contributed by atoms with Gasteiger partial charge >= 0.3 is 0 Å². The Morgan fingerprint density at radius 1 is 1.20 bits per heavy atom. The van der Waals surface area contributed by atoms with E-state index in [1.807, 2.05) is 0 Å². The van der Waals surface area contributed by atoms with E-state index >= 15 is 0 Å². The molecule has 2 nitrogen and oxygen atoms in total. The Hall–Kier alpha value is -0.370. The van der Waals surface area contributed by atoms with E-state index in [0.29, 0.717) is 18.3 Å². The standard InChI is InChI=1S/C13H24O2/c1-2-3-4-7-10-15-11-13(14)12-8-5-6-9-12/h12H,2-11H2,1H3. The number of hydrogen-bond donors (Lipinski definition) is 0. The molecule has 0 atom stereocenters. The molecule has 1 rings (SSSR count). The molecule has 0 aromatic carbocycles. The SMILES string of the molecule is CCCCCCOCC(=O)C1CCCC1. The van der Waals surface area contributed by atoms with Gasteiger partial charge in [0.25, 0.3) is 0 Å². The van der Waals surface area contributed by atoms with Gasteiger partial charge in [0.15, 0.2) is 5.78 Å². The summed E-state index contributed by atoms with van der Waals surface area (Å²) in [5.41, 5.74) is 0. The molecule has 0 amide bonds. The van der Waals surface area contributed by atoms with Crippen LogP contribution in [-0.4, -0.2) is 19.0 Å². The number of ether oxygens (including phenoxy) is 1. The van der Waals surface area contributed by atoms with Crippen LogP contribution in [0.4, 0.5) is 0 Å². The third-order valence-electron chi connectivity index (χ3n) is 3.20. The second kappa shape index (κ2) is 7.86. The summed E-state index contributed by atoms with van der Waals surface area (Å²) in [6.07, 6.45) is 9.51. The van der Waals surface area contributed by atoms with E-state index in [2.05, 4.69) is 6.92 Å². The van der Waals surface area contributed by atoms with Crippen molar-refractivity contribution < 1.29 is 9.53 Å². The van der Waals surface area contributed by atoms with Crippen LogP contribution in [0.2, 0.25) is 0 Å². The van der Waals surface area contributed by atoms with Crippen LogP contribution in [0.1, 0.15) is 58.3 Å². The van der Waals surface area contributed by atoms with Crippen LogP contribution in [0.3, 0.4) is 0 Å². The second-order valence-corrected chi connectivity index (χ2v) is 4.56. The topological polar surface area (TPSA) is 26.3 Å². The first kappa shape index (κ1) is 12.7. The molecule has 0 heterocycles. The summed E-state index contributed by atoms with van der Waals surface area (Å²) in [5, 5.41) is 0. The zero-order chi connectivity index (χ0) is 10.9. The molecule has 0 bridgehead atoms. The summed E-state index contributed by atoms with van der Waals surface area (Å²) in [6.45, 7) is 3.32. The fraction of sp³-hybridized carbons (Fsp3) is 0.923. The largest absolute Gasteiger partial charge is 0.374 e. The predicted octanol–water partition coefficient (Wildman–Crippen LogP) is 3.34. The van der Waals surface area contributed by atoms with Gasteiger partial charge in [-0.2, -0.15) is 0 Å². The Labute approximate surface area is 93.4 Å². The number of carbonyl (C=O) groups excluding carboxylic acids is 1. The zero-order valence-corrected chi connectivity index (χ0v) is 9.96. The predicted molar refractivity (Wildman–Crippen MR) is 61.9 cm³/mol. The monoisotopic (exact) mass is 212 g/mol. The molecule has 2 heteroatoms. The van der Waals surface area contributed by atoms with Crippen LogP contribution >= 0.6 is 0 Å². The molecular weight excluding hydrogens is 188 g/mol. The molecule has 88 valence electrons. The number of carbonyl (C=O) groups is 1. The van der Waals surface area contributed by atoms with Crippen LogP contribution < -0.4 is 0 Å². The van der Waals surface area contributed by atoms with Crippen molar-refractivity contribution in [2.75, 3.05) is 13.2 Å². The fourth-order valence-electron chi connectivity index (χ4n) is 2.17. The number of ketones is 1. The summed E-state index contributed by atoms with van der Waals surface area (Å²) < 4.78 is 5.40. The third-order valence-corrected chi connectivity index (χ3v) is 3.20. The lowest BCUT2D eigenvalue weighted by Gasteiger charge is -2.08. The maximum atomic E-state index is 11.6. The van der Waals surface area contributed by atoms with Gasteiger partial charge in [0.05, 0.1) is 0 Å². The van der Waals surface area contributed by atoms with Crippen molar-refractivity contribution >= 4 is 5.78 Å². The summed E-state index contributed by atoms with van der Waals surface area (Å²) in [6, 6.07) is 0. The van der Waals surface area contributed by atoms with E-state index in [4.69, 9.17) is 4.74 Å². The number of unbranched alkanes of at least 4 members (excludes halogenated alkanes) is 3. The highest BCUT2D eigenvalue weighted by molar-refractivity contribution is 5.82. The van der Waals surface area contributed by atoms with Crippen LogP contribution in [0.15, 0.2) is 0 Å². The summed E-state index contributed by atoms with van der Waals surface area (Å²) in [7, 11) is 0. The molecule has 0 saturated heterocycles. The van der Waals surface area contributed by atoms with Crippen LogP contribution in [0, 0.1) is 5.92 Å². The molecule has 1 fully saturated rings. The van der Waals surface area contributed by atoms with Crippen LogP contribution in [-0.2, 0) is 9.53 Å². The molecule has 0 spiro atoms. The molecule has 0 aromatic heterocycles. The Kier molecular flexibility index (Phi) is 6.66. The highest BCUT2D eigenvalue weighted by atomic mass is 16.5. The normalized spacial score (nSPS) is 17.1. The average molecular weight is 212 g/mol. The molecule has 1 saturated carbocycles. The smallest absolute Gasteiger partial charge is 0.161 e. The Balaban J connectivity index is 1.92. The minimum atomic E-state index is 0.320. The first-order valence-electron chi connectivity index (χ1n) is 6.45. The highest BCUT2D eigenvalue weighted by Gasteiger charge is 2.22. The van der Waals surface area contributed by atoms with E-state index in [9.17, 15) is 4.79 Å². The van der Waals surface area contributed by atoms with Crippen molar-refractivity contribution in [1.82, 2.24) is 0 Å². The Morgan fingerprint density at radius 3 is 2.60 bits per heavy atom. The maximum Gasteiger partial charge on any atom is 0.161 e. The summed E-state index contributed by atoms with van der Waals surface area (Å²) in [4.78, 5) is 11.6. The first-order valence-corrected chi connectivity index (χ1v) is 6.45. The van der Waals surface area contributed by atoms with Gasteiger partial charge in [-0.25, -0.2) is 0 Å². The second-order valence-electron chi connectivity index (χ2n) is 4.56. The van der Waals surface area contributed by atoms with Gasteiger partial charge in [-0.05, 0) is 19.3 Å². The van der Waals surface area contributed by atoms with Crippen LogP contribution in [0.5, 0.6) is 0 Å². The minimum absolute atomic E-state index is 0.320. The third kappa shape index (κ3) is 5.31. The number of hydrogen-bond acceptors (Lipinski definition) is 2. The van der Waals surface area contributed by atoms with Crippen molar-refractivity contribution in [2.24, 2.45) is 5.92 Å². The zero-order valence-electron chi connectivity index (χ0n) is 9.96. The molecule has 0 aromatic rings.